The molecule has 1 aromatic rings. The summed E-state index contributed by atoms with van der Waals surface area (Å²) >= 11 is 0. The van der Waals surface area contributed by atoms with Crippen LogP contribution >= 0.6 is 0 Å². The second-order valence-electron chi connectivity index (χ2n) is 7.38. The fourth-order valence-corrected chi connectivity index (χ4v) is 4.80. The molecule has 0 amide bonds. The number of nitrogens with two attached hydrogens (primary N) is 1. The lowest BCUT2D eigenvalue weighted by Crippen LogP contribution is -2.51. The first-order valence-electron chi connectivity index (χ1n) is 7.17. The Morgan fingerprint density at radius 2 is 2.05 bits per heavy atom. The Balaban J connectivity index is 2.24. The maximum absolute atomic E-state index is 11.6. The van der Waals surface area contributed by atoms with Gasteiger partial charge in [0.25, 0.3) is 0 Å². The van der Waals surface area contributed by atoms with Crippen molar-refractivity contribution in [3.63, 3.8) is 0 Å². The zero-order chi connectivity index (χ0) is 14.1. The second-order valence-corrected chi connectivity index (χ2v) is 7.38. The Bertz CT molecular complexity index is 533. The summed E-state index contributed by atoms with van der Waals surface area (Å²) in [4.78, 5) is 4.27. The molecular formula is C16H24N2O. The van der Waals surface area contributed by atoms with Gasteiger partial charge in [0.05, 0.1) is 0 Å². The first kappa shape index (κ1) is 12.9. The first-order valence-corrected chi connectivity index (χ1v) is 7.17. The van der Waals surface area contributed by atoms with Crippen LogP contribution < -0.4 is 5.73 Å². The van der Waals surface area contributed by atoms with Crippen molar-refractivity contribution in [1.29, 1.82) is 0 Å². The van der Waals surface area contributed by atoms with Crippen molar-refractivity contribution in [3.05, 3.63) is 23.4 Å². The van der Waals surface area contributed by atoms with E-state index in [-0.39, 0.29) is 10.8 Å². The van der Waals surface area contributed by atoms with E-state index in [1.54, 1.807) is 6.20 Å². The molecule has 1 heterocycles. The Hall–Kier alpha value is -1.09. The maximum Gasteiger partial charge on any atom is 0.129 e. The van der Waals surface area contributed by atoms with E-state index in [9.17, 15) is 5.11 Å². The van der Waals surface area contributed by atoms with Gasteiger partial charge < -0.3 is 10.8 Å². The third-order valence-electron chi connectivity index (χ3n) is 6.01. The van der Waals surface area contributed by atoms with Crippen LogP contribution in [0.1, 0.15) is 51.2 Å². The third kappa shape index (κ3) is 1.34. The lowest BCUT2D eigenvalue weighted by Gasteiger charge is -2.51. The Morgan fingerprint density at radius 1 is 1.37 bits per heavy atom. The van der Waals surface area contributed by atoms with Gasteiger partial charge in [0.15, 0.2) is 0 Å². The van der Waals surface area contributed by atoms with Crippen molar-refractivity contribution < 1.29 is 5.11 Å². The minimum absolute atomic E-state index is 0.0786. The molecule has 3 N–H and O–H groups in total. The molecule has 3 rings (SSSR count). The number of aromatic nitrogens is 1. The minimum Gasteiger partial charge on any atom is -0.384 e. The van der Waals surface area contributed by atoms with Crippen molar-refractivity contribution in [2.75, 3.05) is 5.73 Å². The molecule has 0 aliphatic heterocycles. The molecule has 0 saturated heterocycles. The third-order valence-corrected chi connectivity index (χ3v) is 6.01. The summed E-state index contributed by atoms with van der Waals surface area (Å²) in [5.74, 6) is 1.05. The van der Waals surface area contributed by atoms with Gasteiger partial charge in [-0.2, -0.15) is 0 Å². The van der Waals surface area contributed by atoms with Gasteiger partial charge in [-0.3, -0.25) is 0 Å². The predicted octanol–water partition coefficient (Wildman–Crippen LogP) is 3.01. The first-order chi connectivity index (χ1) is 8.72. The van der Waals surface area contributed by atoms with E-state index >= 15 is 0 Å². The number of fused-ring (bicyclic) bond motifs is 2. The van der Waals surface area contributed by atoms with Crippen LogP contribution in [0.3, 0.4) is 0 Å². The fourth-order valence-electron chi connectivity index (χ4n) is 4.80. The number of anilines is 1. The number of rotatable bonds is 1. The largest absolute Gasteiger partial charge is 0.384 e. The number of aryl methyl sites for hydroxylation is 1. The summed E-state index contributed by atoms with van der Waals surface area (Å²) in [6, 6.07) is 2.02. The quantitative estimate of drug-likeness (QED) is 0.816. The fraction of sp³-hybridized carbons (Fsp3) is 0.688. The van der Waals surface area contributed by atoms with Crippen molar-refractivity contribution in [2.24, 2.45) is 16.7 Å². The molecule has 0 aromatic carbocycles. The van der Waals surface area contributed by atoms with E-state index in [1.807, 2.05) is 13.0 Å². The van der Waals surface area contributed by atoms with E-state index in [2.05, 4.69) is 25.8 Å². The van der Waals surface area contributed by atoms with Crippen LogP contribution in [0.2, 0.25) is 0 Å². The number of nitrogens with zero attached hydrogens (tertiary/aromatic N) is 1. The number of aliphatic hydroxyl groups is 1. The summed E-state index contributed by atoms with van der Waals surface area (Å²) in [7, 11) is 0. The predicted molar refractivity (Wildman–Crippen MR) is 76.5 cm³/mol. The van der Waals surface area contributed by atoms with Crippen LogP contribution in [-0.2, 0) is 5.60 Å². The molecule has 2 aliphatic carbocycles. The van der Waals surface area contributed by atoms with E-state index in [0.717, 1.165) is 24.0 Å². The second kappa shape index (κ2) is 3.51. The zero-order valence-electron chi connectivity index (χ0n) is 12.3. The van der Waals surface area contributed by atoms with Gasteiger partial charge in [0.2, 0.25) is 0 Å². The average Bonchev–Trinajstić information content (AvgIpc) is 2.80. The number of nitrogen functional groups attached to an aromatic ring is 1. The van der Waals surface area contributed by atoms with Crippen LogP contribution in [0.4, 0.5) is 5.82 Å². The van der Waals surface area contributed by atoms with Gasteiger partial charge >= 0.3 is 0 Å². The normalized spacial score (nSPS) is 39.7. The van der Waals surface area contributed by atoms with Gasteiger partial charge in [-0.1, -0.05) is 20.8 Å². The molecule has 1 aromatic heterocycles. The van der Waals surface area contributed by atoms with E-state index < -0.39 is 5.60 Å². The highest BCUT2D eigenvalue weighted by atomic mass is 16.3. The summed E-state index contributed by atoms with van der Waals surface area (Å²) in [5, 5.41) is 11.6. The van der Waals surface area contributed by atoms with Crippen molar-refractivity contribution >= 4 is 5.82 Å². The van der Waals surface area contributed by atoms with Gasteiger partial charge in [-0.25, -0.2) is 4.98 Å². The molecule has 104 valence electrons. The molecule has 3 unspecified atom stereocenters. The van der Waals surface area contributed by atoms with Gasteiger partial charge in [-0.05, 0) is 43.7 Å². The monoisotopic (exact) mass is 260 g/mol. The molecule has 2 bridgehead atoms. The van der Waals surface area contributed by atoms with Crippen LogP contribution in [0.25, 0.3) is 0 Å². The molecule has 19 heavy (non-hydrogen) atoms. The summed E-state index contributed by atoms with van der Waals surface area (Å²) in [6.07, 6.45) is 5.14. The molecule has 3 nitrogen and oxygen atoms in total. The van der Waals surface area contributed by atoms with Crippen LogP contribution in [0.15, 0.2) is 12.3 Å². The van der Waals surface area contributed by atoms with E-state index in [1.165, 1.54) is 6.42 Å². The van der Waals surface area contributed by atoms with Crippen LogP contribution in [0.5, 0.6) is 0 Å². The molecular weight excluding hydrogens is 236 g/mol. The Kier molecular flexibility index (Phi) is 2.39. The minimum atomic E-state index is -0.869. The van der Waals surface area contributed by atoms with Gasteiger partial charge in [0, 0.05) is 22.6 Å². The molecule has 3 heteroatoms. The highest BCUT2D eigenvalue weighted by Gasteiger charge is 2.69. The molecule has 2 aliphatic rings. The number of hydrogen-bond acceptors (Lipinski definition) is 3. The van der Waals surface area contributed by atoms with Crippen molar-refractivity contribution in [2.45, 2.75) is 52.6 Å². The molecule has 3 atom stereocenters. The summed E-state index contributed by atoms with van der Waals surface area (Å²) < 4.78 is 0. The average molecular weight is 260 g/mol. The van der Waals surface area contributed by atoms with Crippen LogP contribution in [-0.4, -0.2) is 10.1 Å². The van der Waals surface area contributed by atoms with Gasteiger partial charge in [0.1, 0.15) is 11.4 Å². The number of pyridine rings is 1. The smallest absolute Gasteiger partial charge is 0.129 e. The number of hydrogen-bond donors (Lipinski definition) is 2. The van der Waals surface area contributed by atoms with E-state index in [0.29, 0.717) is 11.7 Å². The lowest BCUT2D eigenvalue weighted by molar-refractivity contribution is -0.150. The Labute approximate surface area is 115 Å². The van der Waals surface area contributed by atoms with Crippen molar-refractivity contribution in [1.82, 2.24) is 4.98 Å². The van der Waals surface area contributed by atoms with Crippen LogP contribution in [0, 0.1) is 23.7 Å². The van der Waals surface area contributed by atoms with E-state index in [4.69, 9.17) is 5.73 Å². The summed E-state index contributed by atoms with van der Waals surface area (Å²) in [5.41, 5.74) is 6.89. The molecule has 2 fully saturated rings. The molecule has 0 radical (unpaired) electrons. The van der Waals surface area contributed by atoms with Crippen molar-refractivity contribution in [3.8, 4) is 0 Å². The highest BCUT2D eigenvalue weighted by molar-refractivity contribution is 5.48. The topological polar surface area (TPSA) is 59.1 Å². The van der Waals surface area contributed by atoms with Gasteiger partial charge in [-0.15, -0.1) is 0 Å². The Morgan fingerprint density at radius 3 is 2.63 bits per heavy atom. The summed E-state index contributed by atoms with van der Waals surface area (Å²) in [6.45, 7) is 8.58. The molecule has 2 saturated carbocycles. The lowest BCUT2D eigenvalue weighted by atomic mass is 9.57. The SMILES string of the molecule is Cc1cnc(N)c(C2(O)C3(C)CCC(C3)C2(C)C)c1. The maximum atomic E-state index is 11.6. The zero-order valence-corrected chi connectivity index (χ0v) is 12.3. The standard InChI is InChI=1S/C16H24N2O/c1-10-7-12(13(17)18-9-10)16(19)14(2,3)11-5-6-15(16,4)8-11/h7,9,11,19H,5-6,8H2,1-4H3,(H2,17,18). The molecule has 0 spiro atoms. The highest BCUT2D eigenvalue weighted by Crippen LogP contribution is 2.72.